The van der Waals surface area contributed by atoms with Crippen molar-refractivity contribution in [3.05, 3.63) is 29.3 Å². The monoisotopic (exact) mass is 222 g/mol. The number of aliphatic hydroxyl groups excluding tert-OH is 2. The van der Waals surface area contributed by atoms with Crippen molar-refractivity contribution in [3.63, 3.8) is 0 Å². The zero-order valence-corrected chi connectivity index (χ0v) is 8.92. The standard InChI is InChI=1S/C11H14N2O3/c1-16-10-4-7(2-3-8(10)5-12)11(15)9(14)6-13/h2-4,9,11,14-15H,6,13H2,1H3. The van der Waals surface area contributed by atoms with E-state index in [1.807, 2.05) is 6.07 Å². The smallest absolute Gasteiger partial charge is 0.136 e. The number of hydrogen-bond acceptors (Lipinski definition) is 5. The maximum Gasteiger partial charge on any atom is 0.136 e. The molecule has 0 saturated carbocycles. The number of nitriles is 1. The molecule has 86 valence electrons. The SMILES string of the molecule is COc1cc(C(O)C(O)CN)ccc1C#N. The summed E-state index contributed by atoms with van der Waals surface area (Å²) < 4.78 is 4.99. The minimum Gasteiger partial charge on any atom is -0.495 e. The zero-order valence-electron chi connectivity index (χ0n) is 8.92. The van der Waals surface area contributed by atoms with Crippen molar-refractivity contribution in [2.75, 3.05) is 13.7 Å². The molecule has 2 unspecified atom stereocenters. The van der Waals surface area contributed by atoms with E-state index < -0.39 is 12.2 Å². The van der Waals surface area contributed by atoms with Gasteiger partial charge >= 0.3 is 0 Å². The van der Waals surface area contributed by atoms with E-state index in [4.69, 9.17) is 15.7 Å². The lowest BCUT2D eigenvalue weighted by Crippen LogP contribution is -2.27. The molecule has 0 fully saturated rings. The topological polar surface area (TPSA) is 99.5 Å². The lowest BCUT2D eigenvalue weighted by Gasteiger charge is -2.17. The molecule has 1 aromatic rings. The van der Waals surface area contributed by atoms with E-state index in [9.17, 15) is 10.2 Å². The molecule has 5 heteroatoms. The lowest BCUT2D eigenvalue weighted by molar-refractivity contribution is 0.0242. The molecule has 0 bridgehead atoms. The first-order valence-electron chi connectivity index (χ1n) is 4.78. The average Bonchev–Trinajstić information content (AvgIpc) is 2.35. The summed E-state index contributed by atoms with van der Waals surface area (Å²) in [5.41, 5.74) is 6.09. The Morgan fingerprint density at radius 1 is 1.50 bits per heavy atom. The fourth-order valence-electron chi connectivity index (χ4n) is 1.34. The number of hydrogen-bond donors (Lipinski definition) is 3. The summed E-state index contributed by atoms with van der Waals surface area (Å²) in [5, 5.41) is 27.9. The van der Waals surface area contributed by atoms with Gasteiger partial charge in [0, 0.05) is 6.54 Å². The Morgan fingerprint density at radius 2 is 2.19 bits per heavy atom. The van der Waals surface area contributed by atoms with Gasteiger partial charge in [-0.05, 0) is 17.7 Å². The highest BCUT2D eigenvalue weighted by Crippen LogP contribution is 2.24. The quantitative estimate of drug-likeness (QED) is 0.661. The molecule has 0 aromatic heterocycles. The maximum atomic E-state index is 9.70. The Hall–Kier alpha value is -1.61. The summed E-state index contributed by atoms with van der Waals surface area (Å²) in [6.07, 6.45) is -2.11. The van der Waals surface area contributed by atoms with Crippen molar-refractivity contribution in [2.24, 2.45) is 5.73 Å². The number of rotatable bonds is 4. The third-order valence-corrected chi connectivity index (χ3v) is 2.29. The number of aliphatic hydroxyl groups is 2. The minimum atomic E-state index is -1.08. The Labute approximate surface area is 93.7 Å². The number of nitrogens with two attached hydrogens (primary N) is 1. The Bertz CT molecular complexity index is 401. The maximum absolute atomic E-state index is 9.70. The van der Waals surface area contributed by atoms with Crippen LogP contribution in [0.15, 0.2) is 18.2 Å². The van der Waals surface area contributed by atoms with E-state index in [1.165, 1.54) is 19.2 Å². The van der Waals surface area contributed by atoms with Gasteiger partial charge < -0.3 is 20.7 Å². The summed E-state index contributed by atoms with van der Waals surface area (Å²) in [6, 6.07) is 6.57. The predicted molar refractivity (Wildman–Crippen MR) is 57.7 cm³/mol. The second kappa shape index (κ2) is 5.47. The van der Waals surface area contributed by atoms with Gasteiger partial charge in [0.25, 0.3) is 0 Å². The van der Waals surface area contributed by atoms with Crippen LogP contribution in [0.4, 0.5) is 0 Å². The molecular weight excluding hydrogens is 208 g/mol. The molecule has 0 aliphatic rings. The third-order valence-electron chi connectivity index (χ3n) is 2.29. The molecule has 0 amide bonds. The van der Waals surface area contributed by atoms with Crippen molar-refractivity contribution in [3.8, 4) is 11.8 Å². The van der Waals surface area contributed by atoms with Crippen LogP contribution >= 0.6 is 0 Å². The second-order valence-electron chi connectivity index (χ2n) is 3.32. The van der Waals surface area contributed by atoms with Gasteiger partial charge in [-0.15, -0.1) is 0 Å². The van der Waals surface area contributed by atoms with Gasteiger partial charge in [-0.25, -0.2) is 0 Å². The molecule has 16 heavy (non-hydrogen) atoms. The van der Waals surface area contributed by atoms with Gasteiger partial charge in [0.1, 0.15) is 17.9 Å². The molecule has 1 aromatic carbocycles. The molecule has 0 radical (unpaired) electrons. The summed E-state index contributed by atoms with van der Waals surface area (Å²) in [4.78, 5) is 0. The van der Waals surface area contributed by atoms with Gasteiger partial charge in [0.15, 0.2) is 0 Å². The Balaban J connectivity index is 3.04. The van der Waals surface area contributed by atoms with Gasteiger partial charge in [-0.3, -0.25) is 0 Å². The highest BCUT2D eigenvalue weighted by atomic mass is 16.5. The Kier molecular flexibility index (Phi) is 4.26. The van der Waals surface area contributed by atoms with E-state index in [2.05, 4.69) is 0 Å². The second-order valence-corrected chi connectivity index (χ2v) is 3.32. The third kappa shape index (κ3) is 2.49. The van der Waals surface area contributed by atoms with E-state index in [1.54, 1.807) is 6.07 Å². The normalized spacial score (nSPS) is 13.9. The fourth-order valence-corrected chi connectivity index (χ4v) is 1.34. The van der Waals surface area contributed by atoms with Crippen molar-refractivity contribution in [1.82, 2.24) is 0 Å². The first kappa shape index (κ1) is 12.5. The summed E-state index contributed by atoms with van der Waals surface area (Å²) >= 11 is 0. The van der Waals surface area contributed by atoms with Gasteiger partial charge in [-0.2, -0.15) is 5.26 Å². The fraction of sp³-hybridized carbons (Fsp3) is 0.364. The number of nitrogens with zero attached hydrogens (tertiary/aromatic N) is 1. The van der Waals surface area contributed by atoms with Gasteiger partial charge in [0.2, 0.25) is 0 Å². The largest absolute Gasteiger partial charge is 0.495 e. The highest BCUT2D eigenvalue weighted by Gasteiger charge is 2.18. The molecule has 0 heterocycles. The van der Waals surface area contributed by atoms with E-state index >= 15 is 0 Å². The van der Waals surface area contributed by atoms with Crippen LogP contribution in [0.5, 0.6) is 5.75 Å². The van der Waals surface area contributed by atoms with Crippen LogP contribution in [-0.2, 0) is 0 Å². The number of methoxy groups -OCH3 is 1. The van der Waals surface area contributed by atoms with Crippen molar-refractivity contribution < 1.29 is 14.9 Å². The summed E-state index contributed by atoms with van der Waals surface area (Å²) in [6.45, 7) is -0.0382. The van der Waals surface area contributed by atoms with Gasteiger partial charge in [-0.1, -0.05) is 6.07 Å². The molecule has 0 aliphatic heterocycles. The first-order valence-corrected chi connectivity index (χ1v) is 4.78. The highest BCUT2D eigenvalue weighted by molar-refractivity contribution is 5.45. The molecule has 5 nitrogen and oxygen atoms in total. The van der Waals surface area contributed by atoms with Crippen molar-refractivity contribution >= 4 is 0 Å². The van der Waals surface area contributed by atoms with Crippen LogP contribution in [-0.4, -0.2) is 30.0 Å². The average molecular weight is 222 g/mol. The number of benzene rings is 1. The van der Waals surface area contributed by atoms with Crippen LogP contribution in [0.3, 0.4) is 0 Å². The first-order chi connectivity index (χ1) is 7.63. The predicted octanol–water partition coefficient (Wildman–Crippen LogP) is -0.0801. The van der Waals surface area contributed by atoms with Crippen LogP contribution < -0.4 is 10.5 Å². The van der Waals surface area contributed by atoms with Crippen LogP contribution in [0.1, 0.15) is 17.2 Å². The molecule has 2 atom stereocenters. The molecule has 4 N–H and O–H groups in total. The lowest BCUT2D eigenvalue weighted by atomic mass is 10.0. The summed E-state index contributed by atoms with van der Waals surface area (Å²) in [5.74, 6) is 0.364. The van der Waals surface area contributed by atoms with Crippen LogP contribution in [0.2, 0.25) is 0 Å². The van der Waals surface area contributed by atoms with Gasteiger partial charge in [0.05, 0.1) is 18.8 Å². The van der Waals surface area contributed by atoms with E-state index in [-0.39, 0.29) is 6.54 Å². The van der Waals surface area contributed by atoms with Crippen LogP contribution in [0.25, 0.3) is 0 Å². The molecule has 0 spiro atoms. The molecule has 0 saturated heterocycles. The minimum absolute atomic E-state index is 0.0382. The zero-order chi connectivity index (χ0) is 12.1. The Morgan fingerprint density at radius 3 is 2.69 bits per heavy atom. The number of ether oxygens (including phenoxy) is 1. The summed E-state index contributed by atoms with van der Waals surface area (Å²) in [7, 11) is 1.44. The molecule has 1 rings (SSSR count). The van der Waals surface area contributed by atoms with E-state index in [0.29, 0.717) is 16.9 Å². The van der Waals surface area contributed by atoms with Crippen molar-refractivity contribution in [1.29, 1.82) is 5.26 Å². The molecular formula is C11H14N2O3. The van der Waals surface area contributed by atoms with E-state index in [0.717, 1.165) is 0 Å². The van der Waals surface area contributed by atoms with Crippen LogP contribution in [0, 0.1) is 11.3 Å². The molecule has 0 aliphatic carbocycles. The van der Waals surface area contributed by atoms with Crippen molar-refractivity contribution in [2.45, 2.75) is 12.2 Å².